The van der Waals surface area contributed by atoms with E-state index in [9.17, 15) is 19.2 Å². The van der Waals surface area contributed by atoms with Gasteiger partial charge in [0.15, 0.2) is 5.78 Å². The maximum Gasteiger partial charge on any atom is 0.410 e. The summed E-state index contributed by atoms with van der Waals surface area (Å²) in [5.74, 6) is -0.595. The molecule has 3 saturated heterocycles. The van der Waals surface area contributed by atoms with E-state index in [0.717, 1.165) is 18.4 Å². The summed E-state index contributed by atoms with van der Waals surface area (Å²) in [5.41, 5.74) is 0.300. The van der Waals surface area contributed by atoms with Crippen LogP contribution in [0.1, 0.15) is 58.4 Å². The average molecular weight is 501 g/mol. The summed E-state index contributed by atoms with van der Waals surface area (Å²) in [5, 5.41) is 4.09. The average Bonchev–Trinajstić information content (AvgIpc) is 3.09. The quantitative estimate of drug-likeness (QED) is 0.617. The molecule has 4 rings (SSSR count). The molecule has 0 aromatic heterocycles. The minimum Gasteiger partial charge on any atom is -0.444 e. The number of hydrogen-bond acceptors (Lipinski definition) is 6. The zero-order valence-corrected chi connectivity index (χ0v) is 21.3. The number of Topliss-reactive ketones (excluding diaryl/α,β-unsaturated/α-hetero) is 1. The van der Waals surface area contributed by atoms with Crippen molar-refractivity contribution in [3.8, 4) is 0 Å². The number of rotatable bonds is 7. The molecule has 1 aromatic rings. The summed E-state index contributed by atoms with van der Waals surface area (Å²) in [7, 11) is 0. The lowest BCUT2D eigenvalue weighted by Crippen LogP contribution is -2.54. The zero-order valence-electron chi connectivity index (χ0n) is 21.3. The van der Waals surface area contributed by atoms with Crippen LogP contribution in [0.5, 0.6) is 0 Å². The molecule has 0 saturated carbocycles. The number of ether oxygens (including phenoxy) is 1. The van der Waals surface area contributed by atoms with Gasteiger partial charge in [-0.1, -0.05) is 30.3 Å². The van der Waals surface area contributed by atoms with E-state index in [1.165, 1.54) is 14.9 Å². The van der Waals surface area contributed by atoms with Crippen LogP contribution < -0.4 is 5.32 Å². The third kappa shape index (κ3) is 5.98. The summed E-state index contributed by atoms with van der Waals surface area (Å²) in [6, 6.07) is 7.88. The summed E-state index contributed by atoms with van der Waals surface area (Å²) in [6.07, 6.45) is 2.79. The number of ketones is 1. The fourth-order valence-corrected chi connectivity index (χ4v) is 5.00. The van der Waals surface area contributed by atoms with E-state index < -0.39 is 23.8 Å². The van der Waals surface area contributed by atoms with Crippen molar-refractivity contribution in [2.75, 3.05) is 19.6 Å². The van der Waals surface area contributed by atoms with Crippen LogP contribution in [0.15, 0.2) is 30.3 Å². The van der Waals surface area contributed by atoms with Crippen LogP contribution in [0.4, 0.5) is 9.59 Å². The van der Waals surface area contributed by atoms with Crippen LogP contribution in [0.25, 0.3) is 0 Å². The first-order valence-electron chi connectivity index (χ1n) is 12.7. The molecule has 3 fully saturated rings. The first kappa shape index (κ1) is 25.9. The number of nitrogens with zero attached hydrogens (tertiary/aromatic N) is 3. The molecule has 36 heavy (non-hydrogen) atoms. The fourth-order valence-electron chi connectivity index (χ4n) is 5.00. The van der Waals surface area contributed by atoms with Crippen LogP contribution in [-0.2, 0) is 25.8 Å². The first-order chi connectivity index (χ1) is 17.1. The molecular formula is C26H36N4O6. The van der Waals surface area contributed by atoms with E-state index in [4.69, 9.17) is 9.57 Å². The molecule has 0 unspecified atom stereocenters. The van der Waals surface area contributed by atoms with Gasteiger partial charge in [-0.25, -0.2) is 9.59 Å². The highest BCUT2D eigenvalue weighted by molar-refractivity contribution is 5.94. The van der Waals surface area contributed by atoms with E-state index in [0.29, 0.717) is 32.4 Å². The van der Waals surface area contributed by atoms with Gasteiger partial charge in [0.2, 0.25) is 5.91 Å². The lowest BCUT2D eigenvalue weighted by molar-refractivity contribution is -0.140. The Morgan fingerprint density at radius 1 is 1.03 bits per heavy atom. The number of fused-ring (bicyclic) bond motifs is 2. The zero-order chi connectivity index (χ0) is 25.9. The topological polar surface area (TPSA) is 108 Å². The van der Waals surface area contributed by atoms with Gasteiger partial charge in [0.25, 0.3) is 0 Å². The van der Waals surface area contributed by atoms with Crippen molar-refractivity contribution < 1.29 is 28.8 Å². The molecule has 1 N–H and O–H groups in total. The molecule has 4 amide bonds. The van der Waals surface area contributed by atoms with E-state index in [1.54, 1.807) is 20.8 Å². The molecule has 3 atom stereocenters. The van der Waals surface area contributed by atoms with Gasteiger partial charge < -0.3 is 15.0 Å². The highest BCUT2D eigenvalue weighted by Gasteiger charge is 2.48. The minimum absolute atomic E-state index is 0.100. The normalized spacial score (nSPS) is 24.0. The largest absolute Gasteiger partial charge is 0.444 e. The van der Waals surface area contributed by atoms with Gasteiger partial charge in [-0.2, -0.15) is 5.06 Å². The number of likely N-dealkylation sites (tertiary alicyclic amines) is 1. The molecule has 3 aliphatic rings. The Morgan fingerprint density at radius 3 is 2.50 bits per heavy atom. The maximum absolute atomic E-state index is 13.0. The summed E-state index contributed by atoms with van der Waals surface area (Å²) in [6.45, 7) is 6.30. The van der Waals surface area contributed by atoms with Gasteiger partial charge in [0.1, 0.15) is 18.2 Å². The number of carbonyl (C=O) groups excluding carboxylic acids is 4. The second kappa shape index (κ2) is 10.9. The van der Waals surface area contributed by atoms with E-state index in [2.05, 4.69) is 5.32 Å². The number of piperidine rings is 2. The van der Waals surface area contributed by atoms with Crippen molar-refractivity contribution in [1.29, 1.82) is 0 Å². The standard InChI is InChI=1S/C26H36N4O6/c1-26(2,3)36-25(34)28-14-8-7-11-20(28)22(31)15-27-23(32)21-13-12-19-16-29(21)24(33)30(19)35-17-18-9-5-4-6-10-18/h4-6,9-10,19-21H,7-8,11-17H2,1-3H3,(H,27,32)/t19-,20-,21+/m1/s1. The smallest absolute Gasteiger partial charge is 0.410 e. The maximum atomic E-state index is 13.0. The van der Waals surface area contributed by atoms with Gasteiger partial charge in [-0.15, -0.1) is 0 Å². The van der Waals surface area contributed by atoms with Crippen molar-refractivity contribution >= 4 is 23.8 Å². The van der Waals surface area contributed by atoms with Crippen molar-refractivity contribution in [2.45, 2.75) is 83.2 Å². The van der Waals surface area contributed by atoms with Crippen LogP contribution in [0.2, 0.25) is 0 Å². The second-order valence-electron chi connectivity index (χ2n) is 10.6. The van der Waals surface area contributed by atoms with Gasteiger partial charge in [0, 0.05) is 13.1 Å². The lowest BCUT2D eigenvalue weighted by atomic mass is 9.98. The second-order valence-corrected chi connectivity index (χ2v) is 10.6. The Hall–Kier alpha value is -3.14. The Labute approximate surface area is 211 Å². The molecule has 196 valence electrons. The molecular weight excluding hydrogens is 464 g/mol. The molecule has 0 aliphatic carbocycles. The fraction of sp³-hybridized carbons (Fsp3) is 0.615. The predicted octanol–water partition coefficient (Wildman–Crippen LogP) is 2.86. The Kier molecular flexibility index (Phi) is 7.82. The summed E-state index contributed by atoms with van der Waals surface area (Å²) >= 11 is 0. The Bertz CT molecular complexity index is 978. The van der Waals surface area contributed by atoms with Crippen LogP contribution in [0.3, 0.4) is 0 Å². The number of amides is 4. The molecule has 3 aliphatic heterocycles. The van der Waals surface area contributed by atoms with E-state index in [1.807, 2.05) is 30.3 Å². The molecule has 1 aromatic carbocycles. The van der Waals surface area contributed by atoms with Crippen molar-refractivity contribution in [2.24, 2.45) is 0 Å². The third-order valence-corrected chi connectivity index (χ3v) is 6.78. The molecule has 3 heterocycles. The van der Waals surface area contributed by atoms with Crippen LogP contribution in [-0.4, -0.2) is 82.0 Å². The van der Waals surface area contributed by atoms with Gasteiger partial charge in [-0.05, 0) is 58.4 Å². The minimum atomic E-state index is -0.657. The molecule has 10 heteroatoms. The van der Waals surface area contributed by atoms with Crippen LogP contribution >= 0.6 is 0 Å². The first-order valence-corrected chi connectivity index (χ1v) is 12.7. The van der Waals surface area contributed by atoms with E-state index >= 15 is 0 Å². The number of benzene rings is 1. The molecule has 2 bridgehead atoms. The van der Waals surface area contributed by atoms with Crippen LogP contribution in [0, 0.1) is 0 Å². The number of urea groups is 1. The monoisotopic (exact) mass is 500 g/mol. The van der Waals surface area contributed by atoms with Crippen molar-refractivity contribution in [3.05, 3.63) is 35.9 Å². The Balaban J connectivity index is 1.30. The number of nitrogens with one attached hydrogen (secondary N) is 1. The number of hydrogen-bond donors (Lipinski definition) is 1. The Morgan fingerprint density at radius 2 is 1.78 bits per heavy atom. The van der Waals surface area contributed by atoms with Gasteiger partial charge in [0.05, 0.1) is 18.6 Å². The van der Waals surface area contributed by atoms with Gasteiger partial charge >= 0.3 is 12.1 Å². The van der Waals surface area contributed by atoms with Crippen molar-refractivity contribution in [3.63, 3.8) is 0 Å². The van der Waals surface area contributed by atoms with Crippen molar-refractivity contribution in [1.82, 2.24) is 20.2 Å². The third-order valence-electron chi connectivity index (χ3n) is 6.78. The highest BCUT2D eigenvalue weighted by Crippen LogP contribution is 2.30. The summed E-state index contributed by atoms with van der Waals surface area (Å²) in [4.78, 5) is 60.3. The SMILES string of the molecule is CC(C)(C)OC(=O)N1CCCC[C@@H]1C(=O)CNC(=O)[C@@H]1CC[C@@H]2CN1C(=O)N2OCc1ccccc1. The summed E-state index contributed by atoms with van der Waals surface area (Å²) < 4.78 is 5.47. The predicted molar refractivity (Wildman–Crippen MR) is 131 cm³/mol. The lowest BCUT2D eigenvalue weighted by Gasteiger charge is -2.36. The highest BCUT2D eigenvalue weighted by atomic mass is 16.7. The molecule has 10 nitrogen and oxygen atoms in total. The van der Waals surface area contributed by atoms with E-state index in [-0.39, 0.29) is 36.9 Å². The van der Waals surface area contributed by atoms with Gasteiger partial charge in [-0.3, -0.25) is 19.3 Å². The molecule has 0 radical (unpaired) electrons. The molecule has 0 spiro atoms. The number of carbonyl (C=O) groups is 4. The number of hydroxylamine groups is 2.